The van der Waals surface area contributed by atoms with Gasteiger partial charge in [-0.25, -0.2) is 24.1 Å². The van der Waals surface area contributed by atoms with Crippen molar-refractivity contribution in [2.24, 2.45) is 0 Å². The number of alkyl halides is 3. The second-order valence-electron chi connectivity index (χ2n) is 13.8. The molecule has 0 aliphatic carbocycles. The number of nitro groups is 1. The summed E-state index contributed by atoms with van der Waals surface area (Å²) in [5.41, 5.74) is -2.35. The number of esters is 2. The summed E-state index contributed by atoms with van der Waals surface area (Å²) >= 11 is 5.81. The highest BCUT2D eigenvalue weighted by Crippen LogP contribution is 2.37. The van der Waals surface area contributed by atoms with Crippen LogP contribution in [-0.2, 0) is 50.7 Å². The number of carboxylic acids is 1. The highest BCUT2D eigenvalue weighted by Gasteiger charge is 2.32. The molecule has 0 fully saturated rings. The van der Waals surface area contributed by atoms with Crippen LogP contribution in [0.2, 0.25) is 5.02 Å². The molecule has 0 saturated heterocycles. The van der Waals surface area contributed by atoms with Crippen LogP contribution in [0.1, 0.15) is 33.2 Å². The molecule has 396 valence electrons. The zero-order chi connectivity index (χ0) is 55.1. The van der Waals surface area contributed by atoms with Crippen LogP contribution in [0, 0.1) is 10.1 Å². The van der Waals surface area contributed by atoms with Gasteiger partial charge in [0.1, 0.15) is 24.7 Å². The van der Waals surface area contributed by atoms with Crippen molar-refractivity contribution in [3.05, 3.63) is 92.6 Å². The van der Waals surface area contributed by atoms with Gasteiger partial charge in [0.2, 0.25) is 17.7 Å². The van der Waals surface area contributed by atoms with E-state index < -0.39 is 99.8 Å². The Kier molecular flexibility index (Phi) is 25.8. The lowest BCUT2D eigenvalue weighted by Gasteiger charge is -2.14. The minimum atomic E-state index is -4.61. The highest BCUT2D eigenvalue weighted by molar-refractivity contribution is 7.94. The number of methoxy groups -OCH3 is 2. The van der Waals surface area contributed by atoms with E-state index in [0.717, 1.165) is 30.3 Å². The number of carboxylic acid groups (broad SMARTS) is 1. The molecule has 0 aliphatic heterocycles. The number of carbonyl (C=O) groups is 5. The van der Waals surface area contributed by atoms with Crippen molar-refractivity contribution in [3.63, 3.8) is 0 Å². The molecule has 2 aromatic heterocycles. The Balaban J connectivity index is 0.000000571. The fraction of sp³-hybridized carbons (Fsp3) is 0.333. The lowest BCUT2D eigenvalue weighted by molar-refractivity contribution is -0.385. The summed E-state index contributed by atoms with van der Waals surface area (Å²) in [4.78, 5) is 98.4. The molecule has 2 heterocycles. The van der Waals surface area contributed by atoms with Crippen molar-refractivity contribution in [1.82, 2.24) is 29.9 Å². The molecule has 5 N–H and O–H groups in total. The predicted molar refractivity (Wildman–Crippen MR) is 249 cm³/mol. The first-order chi connectivity index (χ1) is 33.3. The molecule has 4 rings (SSSR count). The number of halogens is 4. The van der Waals surface area contributed by atoms with Crippen LogP contribution in [0.3, 0.4) is 0 Å². The number of anilines is 1. The van der Waals surface area contributed by atoms with Gasteiger partial charge in [-0.1, -0.05) is 11.6 Å². The van der Waals surface area contributed by atoms with Gasteiger partial charge >= 0.3 is 30.1 Å². The Morgan fingerprint density at radius 1 is 0.958 bits per heavy atom. The number of ether oxygens (including phenoxy) is 5. The van der Waals surface area contributed by atoms with E-state index in [1.54, 1.807) is 4.72 Å². The minimum Gasteiger partial charge on any atom is -0.778 e. The molecule has 0 saturated carbocycles. The Hall–Kier alpha value is -6.89. The number of amides is 3. The number of benzene rings is 2. The molecule has 0 bridgehead atoms. The van der Waals surface area contributed by atoms with Crippen LogP contribution in [0.15, 0.2) is 65.8 Å². The van der Waals surface area contributed by atoms with Crippen LogP contribution in [-0.4, -0.2) is 146 Å². The molecule has 26 nitrogen and oxygen atoms in total. The molecule has 1 unspecified atom stereocenters. The SMILES string of the molecule is CCOC(=O)COC(=O)c1cc(Oc2ccc(C(F)(F)F)cc2Cl)ccc1[N+](=O)[O-].COc1cc(OC)nc(NC(=O)NS(=O)(=O)c2ncccc2C(=O)N(C)C)n1.C[S+](C)C.O=C(O)CNCP(=O)([O-])O. The number of hydrogen-bond acceptors (Lipinski definition) is 20. The first-order valence-corrected chi connectivity index (χ1v) is 25.5. The van der Waals surface area contributed by atoms with Crippen LogP contribution < -0.4 is 34.5 Å². The number of pyridine rings is 1. The normalized spacial score (nSPS) is 11.5. The van der Waals surface area contributed by atoms with Crippen molar-refractivity contribution in [2.45, 2.75) is 18.1 Å². The van der Waals surface area contributed by atoms with Crippen molar-refractivity contribution in [2.75, 3.05) is 78.4 Å². The second kappa shape index (κ2) is 29.5. The number of carbonyl (C=O) groups excluding carboxylic acids is 4. The summed E-state index contributed by atoms with van der Waals surface area (Å²) in [5.74, 6) is -4.19. The van der Waals surface area contributed by atoms with Gasteiger partial charge in [-0.3, -0.25) is 30.3 Å². The van der Waals surface area contributed by atoms with E-state index in [-0.39, 0.29) is 46.4 Å². The standard InChI is InChI=1S/C18H13ClF3NO7.C15H18N6O6S.C3H8NO5P.C3H9S/c1-2-28-16(24)9-29-17(25)12-8-11(4-5-14(12)23(26)27)30-15-6-3-10(7-13(15)19)18(20,21)22;1-21(2)13(22)9-6-5-7-16-12(9)28(24,25)20-15(23)19-14-17-10(26-3)8-11(18-14)27-4;5-3(6)1-4-2-10(7,8)9;1-4(2)3/h3-8H,2,9H2,1H3;5-8H,1-4H3,(H2,17,18,19,20,23);4H,1-2H2,(H,5,6)(H2,7,8,9);1-3H3/q;;;+1/p-1. The molecule has 4 aromatic rings. The zero-order valence-electron chi connectivity index (χ0n) is 39.0. The van der Waals surface area contributed by atoms with Crippen LogP contribution in [0.5, 0.6) is 23.3 Å². The molecule has 3 amide bonds. The van der Waals surface area contributed by atoms with Crippen LogP contribution in [0.4, 0.5) is 29.6 Å². The van der Waals surface area contributed by atoms with Gasteiger partial charge in [-0.15, -0.1) is 0 Å². The van der Waals surface area contributed by atoms with Crippen molar-refractivity contribution >= 4 is 81.6 Å². The maximum atomic E-state index is 12.7. The molecule has 33 heteroatoms. The molecular formula is C39H47ClF3N8O18PS2. The average molecular weight is 1100 g/mol. The molecule has 2 aromatic carbocycles. The maximum absolute atomic E-state index is 12.7. The van der Waals surface area contributed by atoms with Crippen LogP contribution in [0.25, 0.3) is 0 Å². The number of rotatable bonds is 17. The Labute approximate surface area is 416 Å². The summed E-state index contributed by atoms with van der Waals surface area (Å²) in [6.07, 6.45) is 2.46. The Morgan fingerprint density at radius 3 is 2.04 bits per heavy atom. The number of aliphatic carboxylic acids is 1. The number of aromatic nitrogens is 3. The summed E-state index contributed by atoms with van der Waals surface area (Å²) < 4.78 is 99.4. The molecule has 0 spiro atoms. The topological polar surface area (TPSA) is 367 Å². The second-order valence-corrected chi connectivity index (χ2v) is 19.8. The third-order valence-corrected chi connectivity index (χ3v) is 9.51. The largest absolute Gasteiger partial charge is 0.778 e. The van der Waals surface area contributed by atoms with E-state index in [9.17, 15) is 65.1 Å². The van der Waals surface area contributed by atoms with E-state index in [2.05, 4.69) is 43.8 Å². The maximum Gasteiger partial charge on any atom is 0.416 e. The van der Waals surface area contributed by atoms with Gasteiger partial charge in [-0.2, -0.15) is 31.6 Å². The summed E-state index contributed by atoms with van der Waals surface area (Å²) in [6.45, 7) is 0.345. The van der Waals surface area contributed by atoms with Gasteiger partial charge in [0.15, 0.2) is 11.6 Å². The van der Waals surface area contributed by atoms with E-state index in [1.165, 1.54) is 64.5 Å². The number of sulfonamides is 1. The van der Waals surface area contributed by atoms with Gasteiger partial charge in [0, 0.05) is 32.4 Å². The highest BCUT2D eigenvalue weighted by atomic mass is 35.5. The van der Waals surface area contributed by atoms with Crippen molar-refractivity contribution in [1.29, 1.82) is 0 Å². The van der Waals surface area contributed by atoms with Gasteiger partial charge in [-0.05, 0) is 54.2 Å². The Morgan fingerprint density at radius 2 is 1.56 bits per heavy atom. The van der Waals surface area contributed by atoms with Gasteiger partial charge in [0.05, 0.1) is 79.6 Å². The van der Waals surface area contributed by atoms with E-state index >= 15 is 0 Å². The molecule has 0 radical (unpaired) electrons. The van der Waals surface area contributed by atoms with Crippen molar-refractivity contribution < 1.29 is 93.6 Å². The third kappa shape index (κ3) is 23.3. The van der Waals surface area contributed by atoms with Crippen molar-refractivity contribution in [3.8, 4) is 23.3 Å². The number of nitro benzene ring substituents is 1. The monoisotopic (exact) mass is 1100 g/mol. The molecule has 0 aliphatic rings. The first kappa shape index (κ1) is 63.1. The van der Waals surface area contributed by atoms with Gasteiger partial charge in [0.25, 0.3) is 21.6 Å². The lowest BCUT2D eigenvalue weighted by Crippen LogP contribution is -2.36. The smallest absolute Gasteiger partial charge is 0.416 e. The Bertz CT molecular complexity index is 2680. The van der Waals surface area contributed by atoms with E-state index in [4.69, 9.17) is 40.5 Å². The lowest BCUT2D eigenvalue weighted by atomic mass is 10.1. The summed E-state index contributed by atoms with van der Waals surface area (Å²) in [6, 6.07) is 8.26. The fourth-order valence-corrected chi connectivity index (χ4v) is 6.12. The summed E-state index contributed by atoms with van der Waals surface area (Å²) in [7, 11) is -2.56. The third-order valence-electron chi connectivity index (χ3n) is 7.30. The summed E-state index contributed by atoms with van der Waals surface area (Å²) in [5, 5.41) is 22.3. The quantitative estimate of drug-likeness (QED) is 0.0332. The number of nitrogens with one attached hydrogen (secondary N) is 3. The molecule has 72 heavy (non-hydrogen) atoms. The number of hydrogen-bond donors (Lipinski definition) is 5. The first-order valence-electron chi connectivity index (χ1n) is 19.4. The average Bonchev–Trinajstić information content (AvgIpc) is 3.27. The zero-order valence-corrected chi connectivity index (χ0v) is 42.3. The minimum absolute atomic E-state index is 0.0493. The van der Waals surface area contributed by atoms with Gasteiger partial charge < -0.3 is 48.0 Å². The number of urea groups is 1. The number of nitrogens with zero attached hydrogens (tertiary/aromatic N) is 5. The fourth-order valence-electron chi connectivity index (χ4n) is 4.47. The van der Waals surface area contributed by atoms with Crippen LogP contribution >= 0.6 is 19.2 Å². The predicted octanol–water partition coefficient (Wildman–Crippen LogP) is 3.54. The molecule has 1 atom stereocenters. The molecular weight excluding hydrogens is 1060 g/mol. The van der Waals surface area contributed by atoms with E-state index in [0.29, 0.717) is 17.0 Å². The van der Waals surface area contributed by atoms with E-state index in [1.807, 2.05) is 5.32 Å².